The van der Waals surface area contributed by atoms with E-state index in [0.717, 1.165) is 18.6 Å². The highest BCUT2D eigenvalue weighted by atomic mass is 16.5. The molecule has 1 aromatic rings. The maximum Gasteiger partial charge on any atom is 0.119 e. The van der Waals surface area contributed by atoms with Crippen LogP contribution in [-0.2, 0) is 6.42 Å². The van der Waals surface area contributed by atoms with Crippen LogP contribution in [0.5, 0.6) is 5.75 Å². The van der Waals surface area contributed by atoms with E-state index in [9.17, 15) is 0 Å². The number of aliphatic hydroxyl groups excluding tert-OH is 1. The van der Waals surface area contributed by atoms with Crippen molar-refractivity contribution in [1.29, 1.82) is 0 Å². The van der Waals surface area contributed by atoms with Crippen LogP contribution < -0.4 is 10.1 Å². The minimum atomic E-state index is 0.196. The Labute approximate surface area is 96.4 Å². The second-order valence-electron chi connectivity index (χ2n) is 4.19. The van der Waals surface area contributed by atoms with Crippen LogP contribution in [0.25, 0.3) is 0 Å². The molecule has 3 nitrogen and oxygen atoms in total. The van der Waals surface area contributed by atoms with Gasteiger partial charge in [0, 0.05) is 12.6 Å². The van der Waals surface area contributed by atoms with E-state index in [1.165, 1.54) is 17.5 Å². The molecule has 0 aliphatic heterocycles. The molecule has 0 spiro atoms. The van der Waals surface area contributed by atoms with Gasteiger partial charge in [-0.25, -0.2) is 0 Å². The third-order valence-electron chi connectivity index (χ3n) is 3.17. The largest absolute Gasteiger partial charge is 0.497 e. The SMILES string of the molecule is COc1ccc2c(c1)CCC[C@H]2NCCO. The van der Waals surface area contributed by atoms with E-state index in [2.05, 4.69) is 17.4 Å². The van der Waals surface area contributed by atoms with Crippen molar-refractivity contribution in [1.82, 2.24) is 5.32 Å². The van der Waals surface area contributed by atoms with Crippen LogP contribution in [0.4, 0.5) is 0 Å². The van der Waals surface area contributed by atoms with Gasteiger partial charge in [-0.3, -0.25) is 0 Å². The van der Waals surface area contributed by atoms with Crippen molar-refractivity contribution in [3.8, 4) is 5.75 Å². The number of rotatable bonds is 4. The normalized spacial score (nSPS) is 19.2. The molecule has 0 fully saturated rings. The number of methoxy groups -OCH3 is 1. The summed E-state index contributed by atoms with van der Waals surface area (Å²) in [7, 11) is 1.70. The Morgan fingerprint density at radius 2 is 2.38 bits per heavy atom. The van der Waals surface area contributed by atoms with Gasteiger partial charge in [-0.2, -0.15) is 0 Å². The van der Waals surface area contributed by atoms with Gasteiger partial charge in [0.15, 0.2) is 0 Å². The summed E-state index contributed by atoms with van der Waals surface area (Å²) in [5, 5.41) is 12.2. The Hall–Kier alpha value is -1.06. The van der Waals surface area contributed by atoms with Crippen molar-refractivity contribution in [2.75, 3.05) is 20.3 Å². The van der Waals surface area contributed by atoms with Gasteiger partial charge in [-0.1, -0.05) is 6.07 Å². The first-order chi connectivity index (χ1) is 7.85. The molecule has 0 heterocycles. The molecule has 0 unspecified atom stereocenters. The van der Waals surface area contributed by atoms with Crippen molar-refractivity contribution in [2.24, 2.45) is 0 Å². The number of benzene rings is 1. The lowest BCUT2D eigenvalue weighted by molar-refractivity contribution is 0.280. The fraction of sp³-hybridized carbons (Fsp3) is 0.538. The van der Waals surface area contributed by atoms with Crippen LogP contribution in [0, 0.1) is 0 Å². The van der Waals surface area contributed by atoms with Gasteiger partial charge in [0.1, 0.15) is 5.75 Å². The summed E-state index contributed by atoms with van der Waals surface area (Å²) in [4.78, 5) is 0. The van der Waals surface area contributed by atoms with Crippen molar-refractivity contribution in [3.05, 3.63) is 29.3 Å². The topological polar surface area (TPSA) is 41.5 Å². The summed E-state index contributed by atoms with van der Waals surface area (Å²) in [6, 6.07) is 6.67. The van der Waals surface area contributed by atoms with Crippen LogP contribution in [0.3, 0.4) is 0 Å². The number of hydrogen-bond donors (Lipinski definition) is 2. The Balaban J connectivity index is 2.18. The average molecular weight is 221 g/mol. The van der Waals surface area contributed by atoms with Crippen LogP contribution in [0.2, 0.25) is 0 Å². The van der Waals surface area contributed by atoms with E-state index in [4.69, 9.17) is 9.84 Å². The first kappa shape index (κ1) is 11.4. The zero-order valence-corrected chi connectivity index (χ0v) is 9.70. The summed E-state index contributed by atoms with van der Waals surface area (Å²) in [6.07, 6.45) is 3.48. The maximum atomic E-state index is 8.84. The number of aliphatic hydroxyl groups is 1. The molecular formula is C13H19NO2. The van der Waals surface area contributed by atoms with Gasteiger partial charge in [0.2, 0.25) is 0 Å². The van der Waals surface area contributed by atoms with Crippen molar-refractivity contribution in [3.63, 3.8) is 0 Å². The van der Waals surface area contributed by atoms with Crippen LogP contribution >= 0.6 is 0 Å². The van der Waals surface area contributed by atoms with Crippen molar-refractivity contribution >= 4 is 0 Å². The third kappa shape index (κ3) is 2.36. The van der Waals surface area contributed by atoms with E-state index in [0.29, 0.717) is 12.6 Å². The van der Waals surface area contributed by atoms with E-state index in [-0.39, 0.29) is 6.61 Å². The summed E-state index contributed by atoms with van der Waals surface area (Å²) in [5.41, 5.74) is 2.74. The molecule has 1 aliphatic rings. The molecule has 1 aromatic carbocycles. The summed E-state index contributed by atoms with van der Waals surface area (Å²) < 4.78 is 5.24. The molecule has 16 heavy (non-hydrogen) atoms. The third-order valence-corrected chi connectivity index (χ3v) is 3.17. The molecule has 2 rings (SSSR count). The Morgan fingerprint density at radius 3 is 3.12 bits per heavy atom. The van der Waals surface area contributed by atoms with E-state index >= 15 is 0 Å². The fourth-order valence-corrected chi connectivity index (χ4v) is 2.37. The zero-order chi connectivity index (χ0) is 11.4. The van der Waals surface area contributed by atoms with Crippen LogP contribution in [0.15, 0.2) is 18.2 Å². The lowest BCUT2D eigenvalue weighted by atomic mass is 9.87. The van der Waals surface area contributed by atoms with Crippen molar-refractivity contribution < 1.29 is 9.84 Å². The lowest BCUT2D eigenvalue weighted by Gasteiger charge is -2.26. The molecule has 1 aliphatic carbocycles. The number of aryl methyl sites for hydroxylation is 1. The monoisotopic (exact) mass is 221 g/mol. The summed E-state index contributed by atoms with van der Waals surface area (Å²) in [6.45, 7) is 0.859. The Morgan fingerprint density at radius 1 is 1.50 bits per heavy atom. The Kier molecular flexibility index (Phi) is 3.80. The molecule has 0 saturated carbocycles. The predicted molar refractivity (Wildman–Crippen MR) is 63.8 cm³/mol. The van der Waals surface area contributed by atoms with Gasteiger partial charge in [0.05, 0.1) is 13.7 Å². The molecule has 0 radical (unpaired) electrons. The van der Waals surface area contributed by atoms with E-state index < -0.39 is 0 Å². The van der Waals surface area contributed by atoms with Gasteiger partial charge in [-0.05, 0) is 42.5 Å². The lowest BCUT2D eigenvalue weighted by Crippen LogP contribution is -2.27. The number of nitrogens with one attached hydrogen (secondary N) is 1. The molecule has 0 amide bonds. The van der Waals surface area contributed by atoms with Gasteiger partial charge in [-0.15, -0.1) is 0 Å². The first-order valence-electron chi connectivity index (χ1n) is 5.86. The molecule has 2 N–H and O–H groups in total. The van der Waals surface area contributed by atoms with Gasteiger partial charge >= 0.3 is 0 Å². The number of hydrogen-bond acceptors (Lipinski definition) is 3. The van der Waals surface area contributed by atoms with E-state index in [1.54, 1.807) is 7.11 Å². The number of ether oxygens (including phenoxy) is 1. The summed E-state index contributed by atoms with van der Waals surface area (Å²) >= 11 is 0. The van der Waals surface area contributed by atoms with Crippen LogP contribution in [0.1, 0.15) is 30.0 Å². The average Bonchev–Trinajstić information content (AvgIpc) is 2.35. The first-order valence-corrected chi connectivity index (χ1v) is 5.86. The highest BCUT2D eigenvalue weighted by Crippen LogP contribution is 2.31. The fourth-order valence-electron chi connectivity index (χ4n) is 2.37. The minimum Gasteiger partial charge on any atom is -0.497 e. The zero-order valence-electron chi connectivity index (χ0n) is 9.70. The molecule has 88 valence electrons. The highest BCUT2D eigenvalue weighted by Gasteiger charge is 2.19. The molecule has 0 aromatic heterocycles. The van der Waals surface area contributed by atoms with Gasteiger partial charge in [0.25, 0.3) is 0 Å². The van der Waals surface area contributed by atoms with Crippen molar-refractivity contribution in [2.45, 2.75) is 25.3 Å². The van der Waals surface area contributed by atoms with E-state index in [1.807, 2.05) is 6.07 Å². The Bertz CT molecular complexity index is 352. The molecule has 0 bridgehead atoms. The standard InChI is InChI=1S/C13H19NO2/c1-16-11-5-6-12-10(9-11)3-2-4-13(12)14-7-8-15/h5-6,9,13-15H,2-4,7-8H2,1H3/t13-/m1/s1. The second kappa shape index (κ2) is 5.32. The summed E-state index contributed by atoms with van der Waals surface area (Å²) in [5.74, 6) is 0.932. The van der Waals surface area contributed by atoms with Crippen LogP contribution in [-0.4, -0.2) is 25.4 Å². The molecule has 3 heteroatoms. The molecular weight excluding hydrogens is 202 g/mol. The smallest absolute Gasteiger partial charge is 0.119 e. The second-order valence-corrected chi connectivity index (χ2v) is 4.19. The number of fused-ring (bicyclic) bond motifs is 1. The quantitative estimate of drug-likeness (QED) is 0.812. The molecule has 0 saturated heterocycles. The van der Waals surface area contributed by atoms with Gasteiger partial charge < -0.3 is 15.2 Å². The molecule has 1 atom stereocenters. The minimum absolute atomic E-state index is 0.196. The highest BCUT2D eigenvalue weighted by molar-refractivity contribution is 5.39. The maximum absolute atomic E-state index is 8.84. The predicted octanol–water partition coefficient (Wildman–Crippen LogP) is 1.65.